The average molecular weight is 278 g/mol. The summed E-state index contributed by atoms with van der Waals surface area (Å²) >= 11 is 5.53. The van der Waals surface area contributed by atoms with Crippen molar-refractivity contribution in [2.24, 2.45) is 4.36 Å². The lowest BCUT2D eigenvalue weighted by Crippen LogP contribution is -2.00. The van der Waals surface area contributed by atoms with Crippen LogP contribution in [0.15, 0.2) is 74.8 Å². The number of carbonyl (C=O) groups excluding carboxylic acids is 1. The standard InChI is InChI=1S/C14H12ClNOS/c15-11-14(17)16-18(12-7-3-1-4-8-12)13-9-5-2-6-10-13/h1-10H,11H2. The fraction of sp³-hybridized carbons (Fsp3) is 0.0714. The van der Waals surface area contributed by atoms with Crippen LogP contribution < -0.4 is 0 Å². The van der Waals surface area contributed by atoms with E-state index < -0.39 is 10.7 Å². The van der Waals surface area contributed by atoms with Crippen molar-refractivity contribution in [2.75, 3.05) is 5.88 Å². The van der Waals surface area contributed by atoms with Gasteiger partial charge in [0.1, 0.15) is 5.88 Å². The van der Waals surface area contributed by atoms with E-state index in [1.54, 1.807) is 0 Å². The van der Waals surface area contributed by atoms with Gasteiger partial charge in [0, 0.05) is 9.79 Å². The van der Waals surface area contributed by atoms with Crippen LogP contribution in [0.25, 0.3) is 0 Å². The summed E-state index contributed by atoms with van der Waals surface area (Å²) < 4.78 is 4.19. The number of benzene rings is 2. The van der Waals surface area contributed by atoms with Crippen molar-refractivity contribution in [1.82, 2.24) is 0 Å². The molecule has 92 valence electrons. The molecule has 0 aromatic heterocycles. The Bertz CT molecular complexity index is 513. The molecule has 0 bridgehead atoms. The smallest absolute Gasteiger partial charge is 0.267 e. The van der Waals surface area contributed by atoms with E-state index >= 15 is 0 Å². The molecule has 2 aromatic rings. The van der Waals surface area contributed by atoms with Gasteiger partial charge < -0.3 is 0 Å². The van der Waals surface area contributed by atoms with Gasteiger partial charge in [-0.3, -0.25) is 4.79 Å². The maximum absolute atomic E-state index is 11.5. The second-order valence-corrected chi connectivity index (χ2v) is 5.49. The highest BCUT2D eigenvalue weighted by molar-refractivity contribution is 7.87. The molecule has 0 spiro atoms. The predicted molar refractivity (Wildman–Crippen MR) is 74.9 cm³/mol. The zero-order valence-corrected chi connectivity index (χ0v) is 11.2. The Kier molecular flexibility index (Phi) is 4.67. The summed E-state index contributed by atoms with van der Waals surface area (Å²) in [5.41, 5.74) is 0. The number of nitrogens with zero attached hydrogens (tertiary/aromatic N) is 1. The average Bonchev–Trinajstić information content (AvgIpc) is 2.46. The number of amides is 1. The molecule has 0 unspecified atom stereocenters. The van der Waals surface area contributed by atoms with Crippen LogP contribution in [0.3, 0.4) is 0 Å². The molecule has 4 heteroatoms. The molecule has 0 aliphatic rings. The van der Waals surface area contributed by atoms with E-state index in [0.29, 0.717) is 0 Å². The molecule has 0 aliphatic carbocycles. The van der Waals surface area contributed by atoms with Crippen LogP contribution in [-0.2, 0) is 15.5 Å². The third kappa shape index (κ3) is 3.28. The Balaban J connectivity index is 2.49. The number of hydrogen-bond acceptors (Lipinski definition) is 1. The lowest BCUT2D eigenvalue weighted by molar-refractivity contribution is -0.115. The first-order valence-electron chi connectivity index (χ1n) is 5.46. The summed E-state index contributed by atoms with van der Waals surface area (Å²) in [6, 6.07) is 19.6. The van der Waals surface area contributed by atoms with Gasteiger partial charge in [-0.15, -0.1) is 11.6 Å². The minimum atomic E-state index is -0.590. The second kappa shape index (κ2) is 6.47. The van der Waals surface area contributed by atoms with Gasteiger partial charge in [-0.2, -0.15) is 4.36 Å². The molecular weight excluding hydrogens is 266 g/mol. The van der Waals surface area contributed by atoms with Crippen molar-refractivity contribution >= 4 is 28.2 Å². The van der Waals surface area contributed by atoms with Crippen molar-refractivity contribution in [2.45, 2.75) is 9.79 Å². The van der Waals surface area contributed by atoms with Gasteiger partial charge in [-0.1, -0.05) is 36.4 Å². The van der Waals surface area contributed by atoms with Crippen molar-refractivity contribution < 1.29 is 4.79 Å². The molecule has 0 saturated heterocycles. The van der Waals surface area contributed by atoms with Gasteiger partial charge in [-0.25, -0.2) is 0 Å². The van der Waals surface area contributed by atoms with Crippen LogP contribution >= 0.6 is 11.6 Å². The van der Waals surface area contributed by atoms with Crippen molar-refractivity contribution in [3.8, 4) is 0 Å². The van der Waals surface area contributed by atoms with Gasteiger partial charge >= 0.3 is 0 Å². The quantitative estimate of drug-likeness (QED) is 0.787. The summed E-state index contributed by atoms with van der Waals surface area (Å²) in [7, 11) is -0.590. The van der Waals surface area contributed by atoms with Crippen LogP contribution in [0.1, 0.15) is 0 Å². The van der Waals surface area contributed by atoms with E-state index in [-0.39, 0.29) is 11.8 Å². The maximum Gasteiger partial charge on any atom is 0.267 e. The molecule has 0 fully saturated rings. The minimum Gasteiger partial charge on any atom is -0.271 e. The fourth-order valence-corrected chi connectivity index (χ4v) is 3.18. The Morgan fingerprint density at radius 2 is 1.39 bits per heavy atom. The summed E-state index contributed by atoms with van der Waals surface area (Å²) in [4.78, 5) is 13.5. The van der Waals surface area contributed by atoms with Crippen molar-refractivity contribution in [3.05, 3.63) is 60.7 Å². The first-order chi connectivity index (χ1) is 8.81. The molecule has 18 heavy (non-hydrogen) atoms. The van der Waals surface area contributed by atoms with Crippen molar-refractivity contribution in [3.63, 3.8) is 0 Å². The van der Waals surface area contributed by atoms with Crippen molar-refractivity contribution in [1.29, 1.82) is 0 Å². The van der Waals surface area contributed by atoms with Crippen LogP contribution in [0.5, 0.6) is 0 Å². The Labute approximate surface area is 114 Å². The minimum absolute atomic E-state index is 0.0802. The maximum atomic E-state index is 11.5. The van der Waals surface area contributed by atoms with Crippen LogP contribution in [0.2, 0.25) is 0 Å². The Hall–Kier alpha value is -1.45. The molecule has 1 amide bonds. The zero-order chi connectivity index (χ0) is 12.8. The fourth-order valence-electron chi connectivity index (χ4n) is 1.47. The molecule has 0 saturated carbocycles. The van der Waals surface area contributed by atoms with E-state index in [0.717, 1.165) is 9.79 Å². The number of rotatable bonds is 3. The summed E-state index contributed by atoms with van der Waals surface area (Å²) in [5.74, 6) is -0.365. The van der Waals surface area contributed by atoms with Gasteiger partial charge in [-0.05, 0) is 35.0 Å². The van der Waals surface area contributed by atoms with E-state index in [1.165, 1.54) is 0 Å². The van der Waals surface area contributed by atoms with Gasteiger partial charge in [0.15, 0.2) is 0 Å². The first-order valence-corrected chi connectivity index (χ1v) is 7.18. The normalized spacial score (nSPS) is 10.3. The SMILES string of the molecule is O=C(CCl)N=S(c1ccccc1)c1ccccc1. The highest BCUT2D eigenvalue weighted by atomic mass is 35.5. The van der Waals surface area contributed by atoms with Gasteiger partial charge in [0.05, 0.1) is 0 Å². The molecular formula is C14H12ClNOS. The highest BCUT2D eigenvalue weighted by Gasteiger charge is 2.06. The predicted octanol–water partition coefficient (Wildman–Crippen LogP) is 3.67. The molecule has 0 atom stereocenters. The van der Waals surface area contributed by atoms with Gasteiger partial charge in [0.25, 0.3) is 5.91 Å². The van der Waals surface area contributed by atoms with E-state index in [9.17, 15) is 4.79 Å². The molecule has 0 aliphatic heterocycles. The molecule has 0 heterocycles. The molecule has 2 nitrogen and oxygen atoms in total. The summed E-state index contributed by atoms with van der Waals surface area (Å²) in [5, 5.41) is 0. The van der Waals surface area contributed by atoms with Gasteiger partial charge in [0.2, 0.25) is 0 Å². The summed E-state index contributed by atoms with van der Waals surface area (Å²) in [6.45, 7) is 0. The Morgan fingerprint density at radius 3 is 1.78 bits per heavy atom. The first kappa shape index (κ1) is 13.0. The molecule has 2 rings (SSSR count). The number of hydrogen-bond donors (Lipinski definition) is 0. The highest BCUT2D eigenvalue weighted by Crippen LogP contribution is 2.18. The van der Waals surface area contributed by atoms with E-state index in [2.05, 4.69) is 4.36 Å². The van der Waals surface area contributed by atoms with E-state index in [4.69, 9.17) is 11.6 Å². The van der Waals surface area contributed by atoms with Crippen LogP contribution in [-0.4, -0.2) is 11.8 Å². The number of carbonyl (C=O) groups is 1. The lowest BCUT2D eigenvalue weighted by Gasteiger charge is -2.07. The monoisotopic (exact) mass is 277 g/mol. The topological polar surface area (TPSA) is 29.4 Å². The zero-order valence-electron chi connectivity index (χ0n) is 9.62. The third-order valence-electron chi connectivity index (χ3n) is 2.24. The third-order valence-corrected chi connectivity index (χ3v) is 4.29. The lowest BCUT2D eigenvalue weighted by atomic mass is 10.4. The second-order valence-electron chi connectivity index (χ2n) is 3.53. The Morgan fingerprint density at radius 1 is 0.944 bits per heavy atom. The number of halogens is 1. The van der Waals surface area contributed by atoms with E-state index in [1.807, 2.05) is 60.7 Å². The summed E-state index contributed by atoms with van der Waals surface area (Å²) in [6.07, 6.45) is 0. The van der Waals surface area contributed by atoms with Crippen LogP contribution in [0, 0.1) is 0 Å². The number of alkyl halides is 1. The van der Waals surface area contributed by atoms with Crippen LogP contribution in [0.4, 0.5) is 0 Å². The molecule has 0 radical (unpaired) electrons. The largest absolute Gasteiger partial charge is 0.271 e. The molecule has 2 aromatic carbocycles. The molecule has 0 N–H and O–H groups in total.